The molecule has 120 valence electrons. The van der Waals surface area contributed by atoms with E-state index >= 15 is 0 Å². The van der Waals surface area contributed by atoms with Crippen LogP contribution < -0.4 is 10.6 Å². The minimum Gasteiger partial charge on any atom is -0.370 e. The molecule has 1 heterocycles. The van der Waals surface area contributed by atoms with Gasteiger partial charge in [0, 0.05) is 25.2 Å². The predicted octanol–water partition coefficient (Wildman–Crippen LogP) is 3.02. The van der Waals surface area contributed by atoms with Crippen LogP contribution in [0, 0.1) is 5.92 Å². The molecule has 0 spiro atoms. The molecule has 0 radical (unpaired) electrons. The van der Waals surface area contributed by atoms with Crippen molar-refractivity contribution < 1.29 is 0 Å². The van der Waals surface area contributed by atoms with Gasteiger partial charge in [-0.3, -0.25) is 0 Å². The molecule has 0 aliphatic heterocycles. The van der Waals surface area contributed by atoms with Gasteiger partial charge in [-0.1, -0.05) is 32.5 Å². The molecule has 0 aliphatic carbocycles. The maximum absolute atomic E-state index is 4.57. The molecule has 1 unspecified atom stereocenters. The zero-order valence-electron chi connectivity index (χ0n) is 14.1. The third-order valence-corrected chi connectivity index (χ3v) is 3.69. The van der Waals surface area contributed by atoms with E-state index in [1.54, 1.807) is 11.8 Å². The number of rotatable bonds is 9. The highest BCUT2D eigenvalue weighted by Crippen LogP contribution is 2.19. The second-order valence-corrected chi connectivity index (χ2v) is 6.58. The molecule has 1 rings (SSSR count). The number of aromatic nitrogens is 2. The van der Waals surface area contributed by atoms with Gasteiger partial charge in [0.25, 0.3) is 0 Å². The highest BCUT2D eigenvalue weighted by molar-refractivity contribution is 7.98. The van der Waals surface area contributed by atoms with Crippen molar-refractivity contribution in [1.29, 1.82) is 0 Å². The molecule has 1 aromatic rings. The summed E-state index contributed by atoms with van der Waals surface area (Å²) in [6, 6.07) is 2.36. The minimum absolute atomic E-state index is 0.364. The molecular weight excluding hydrogens is 282 g/mol. The molecule has 0 aromatic carbocycles. The molecular formula is C15H29N5S. The smallest absolute Gasteiger partial charge is 0.191 e. The Kier molecular flexibility index (Phi) is 7.82. The number of nitrogens with one attached hydrogen (secondary N) is 2. The van der Waals surface area contributed by atoms with Crippen LogP contribution in [0.25, 0.3) is 0 Å². The van der Waals surface area contributed by atoms with Crippen molar-refractivity contribution in [3.05, 3.63) is 6.07 Å². The Morgan fingerprint density at radius 1 is 1.24 bits per heavy atom. The summed E-state index contributed by atoms with van der Waals surface area (Å²) < 4.78 is 0. The third-order valence-electron chi connectivity index (χ3n) is 3.14. The van der Waals surface area contributed by atoms with Crippen molar-refractivity contribution in [1.82, 2.24) is 14.9 Å². The number of anilines is 2. The SMILES string of the molecule is CCCNc1cc(NC(CN(C)C)C(C)C)nc(SC)n1. The first-order valence-corrected chi connectivity index (χ1v) is 8.77. The lowest BCUT2D eigenvalue weighted by Gasteiger charge is -2.26. The van der Waals surface area contributed by atoms with Crippen LogP contribution in [0.1, 0.15) is 27.2 Å². The van der Waals surface area contributed by atoms with E-state index in [0.29, 0.717) is 12.0 Å². The lowest BCUT2D eigenvalue weighted by atomic mass is 10.0. The number of hydrogen-bond acceptors (Lipinski definition) is 6. The van der Waals surface area contributed by atoms with Crippen LogP contribution in [-0.4, -0.2) is 54.4 Å². The summed E-state index contributed by atoms with van der Waals surface area (Å²) in [6.45, 7) is 8.51. The molecule has 1 aromatic heterocycles. The number of hydrogen-bond donors (Lipinski definition) is 2. The van der Waals surface area contributed by atoms with E-state index < -0.39 is 0 Å². The number of nitrogens with zero attached hydrogens (tertiary/aromatic N) is 3. The first kappa shape index (κ1) is 18.0. The zero-order chi connectivity index (χ0) is 15.8. The van der Waals surface area contributed by atoms with Crippen LogP contribution in [0.4, 0.5) is 11.6 Å². The molecule has 0 saturated heterocycles. The zero-order valence-corrected chi connectivity index (χ0v) is 14.9. The van der Waals surface area contributed by atoms with Crippen molar-refractivity contribution in [3.8, 4) is 0 Å². The largest absolute Gasteiger partial charge is 0.370 e. The topological polar surface area (TPSA) is 53.1 Å². The Labute approximate surface area is 133 Å². The summed E-state index contributed by atoms with van der Waals surface area (Å²) in [5.41, 5.74) is 0. The molecule has 0 saturated carbocycles. The van der Waals surface area contributed by atoms with Gasteiger partial charge in [0.15, 0.2) is 5.16 Å². The maximum atomic E-state index is 4.57. The summed E-state index contributed by atoms with van der Waals surface area (Å²) in [7, 11) is 4.19. The molecule has 0 amide bonds. The van der Waals surface area contributed by atoms with E-state index in [-0.39, 0.29) is 0 Å². The van der Waals surface area contributed by atoms with Crippen LogP contribution in [0.5, 0.6) is 0 Å². The first-order chi connectivity index (χ1) is 9.96. The normalized spacial score (nSPS) is 12.8. The van der Waals surface area contributed by atoms with Crippen LogP contribution >= 0.6 is 11.8 Å². The standard InChI is InChI=1S/C15H29N5S/c1-7-8-16-13-9-14(19-15(18-13)21-6)17-12(11(2)3)10-20(4)5/h9,11-12H,7-8,10H2,1-6H3,(H2,16,17,18,19). The van der Waals surface area contributed by atoms with Gasteiger partial charge in [-0.25, -0.2) is 9.97 Å². The lowest BCUT2D eigenvalue weighted by molar-refractivity contribution is 0.344. The molecule has 6 heteroatoms. The Balaban J connectivity index is 2.88. The van der Waals surface area contributed by atoms with Crippen molar-refractivity contribution >= 4 is 23.4 Å². The van der Waals surface area contributed by atoms with Crippen LogP contribution in [0.2, 0.25) is 0 Å². The summed E-state index contributed by atoms with van der Waals surface area (Å²) in [5, 5.41) is 7.69. The summed E-state index contributed by atoms with van der Waals surface area (Å²) in [5.74, 6) is 2.33. The van der Waals surface area contributed by atoms with E-state index in [0.717, 1.165) is 36.3 Å². The third kappa shape index (κ3) is 6.52. The highest BCUT2D eigenvalue weighted by Gasteiger charge is 2.15. The molecule has 0 fully saturated rings. The van der Waals surface area contributed by atoms with Gasteiger partial charge in [0.05, 0.1) is 0 Å². The van der Waals surface area contributed by atoms with Gasteiger partial charge >= 0.3 is 0 Å². The number of thioether (sulfide) groups is 1. The Bertz CT molecular complexity index is 423. The Morgan fingerprint density at radius 3 is 2.43 bits per heavy atom. The fourth-order valence-corrected chi connectivity index (χ4v) is 2.32. The molecule has 0 aliphatic rings. The fourth-order valence-electron chi connectivity index (χ4n) is 1.94. The quantitative estimate of drug-likeness (QED) is 0.540. The highest BCUT2D eigenvalue weighted by atomic mass is 32.2. The lowest BCUT2D eigenvalue weighted by Crippen LogP contribution is -2.36. The minimum atomic E-state index is 0.364. The summed E-state index contributed by atoms with van der Waals surface area (Å²) in [6.07, 6.45) is 3.08. The van der Waals surface area contributed by atoms with Crippen LogP contribution in [0.15, 0.2) is 11.2 Å². The molecule has 21 heavy (non-hydrogen) atoms. The van der Waals surface area contributed by atoms with Gasteiger partial charge < -0.3 is 15.5 Å². The van der Waals surface area contributed by atoms with Crippen molar-refractivity contribution in [2.24, 2.45) is 5.92 Å². The molecule has 0 bridgehead atoms. The Morgan fingerprint density at radius 2 is 1.90 bits per heavy atom. The van der Waals surface area contributed by atoms with Crippen LogP contribution in [-0.2, 0) is 0 Å². The average molecular weight is 311 g/mol. The van der Waals surface area contributed by atoms with Gasteiger partial charge in [-0.2, -0.15) is 0 Å². The Hall–Kier alpha value is -1.01. The molecule has 2 N–H and O–H groups in total. The monoisotopic (exact) mass is 311 g/mol. The van der Waals surface area contributed by atoms with Crippen molar-refractivity contribution in [2.45, 2.75) is 38.4 Å². The van der Waals surface area contributed by atoms with E-state index in [9.17, 15) is 0 Å². The van der Waals surface area contributed by atoms with Gasteiger partial charge in [-0.05, 0) is 32.7 Å². The van der Waals surface area contributed by atoms with Crippen LogP contribution in [0.3, 0.4) is 0 Å². The fraction of sp³-hybridized carbons (Fsp3) is 0.733. The molecule has 5 nitrogen and oxygen atoms in total. The predicted molar refractivity (Wildman–Crippen MR) is 93.4 cm³/mol. The number of likely N-dealkylation sites (N-methyl/N-ethyl adjacent to an activating group) is 1. The van der Waals surface area contributed by atoms with Gasteiger partial charge in [0.2, 0.25) is 0 Å². The second-order valence-electron chi connectivity index (χ2n) is 5.81. The van der Waals surface area contributed by atoms with Crippen molar-refractivity contribution in [3.63, 3.8) is 0 Å². The maximum Gasteiger partial charge on any atom is 0.191 e. The summed E-state index contributed by atoms with van der Waals surface area (Å²) in [4.78, 5) is 11.3. The van der Waals surface area contributed by atoms with Gasteiger partial charge in [-0.15, -0.1) is 0 Å². The van der Waals surface area contributed by atoms with Crippen molar-refractivity contribution in [2.75, 3.05) is 44.1 Å². The second kappa shape index (κ2) is 9.10. The van der Waals surface area contributed by atoms with E-state index in [1.165, 1.54) is 0 Å². The summed E-state index contributed by atoms with van der Waals surface area (Å²) >= 11 is 1.57. The van der Waals surface area contributed by atoms with E-state index in [4.69, 9.17) is 0 Å². The van der Waals surface area contributed by atoms with E-state index in [1.807, 2.05) is 12.3 Å². The first-order valence-electron chi connectivity index (χ1n) is 7.54. The van der Waals surface area contributed by atoms with Gasteiger partial charge in [0.1, 0.15) is 11.6 Å². The average Bonchev–Trinajstić information content (AvgIpc) is 2.43. The molecule has 1 atom stereocenters. The van der Waals surface area contributed by atoms with E-state index in [2.05, 4.69) is 60.4 Å².